The number of pyridine rings is 1. The van der Waals surface area contributed by atoms with Gasteiger partial charge in [-0.2, -0.15) is 17.9 Å². The highest BCUT2D eigenvalue weighted by atomic mass is 32.1. The van der Waals surface area contributed by atoms with Crippen LogP contribution in [0.4, 0.5) is 13.2 Å². The van der Waals surface area contributed by atoms with E-state index in [2.05, 4.69) is 20.6 Å². The van der Waals surface area contributed by atoms with E-state index in [0.29, 0.717) is 4.88 Å². The quantitative estimate of drug-likeness (QED) is 0.495. The molecule has 0 aromatic carbocycles. The molecule has 0 aliphatic heterocycles. The van der Waals surface area contributed by atoms with Crippen molar-refractivity contribution in [2.45, 2.75) is 25.7 Å². The van der Waals surface area contributed by atoms with E-state index in [1.54, 1.807) is 12.1 Å². The zero-order chi connectivity index (χ0) is 21.3. The molecule has 0 atom stereocenters. The number of carbonyl (C=O) groups excluding carboxylic acids is 1. The lowest BCUT2D eigenvalue weighted by Gasteiger charge is -2.08. The van der Waals surface area contributed by atoms with Gasteiger partial charge in [-0.3, -0.25) is 9.20 Å². The fraction of sp³-hybridized carbons (Fsp3) is 0.235. The summed E-state index contributed by atoms with van der Waals surface area (Å²) in [5.41, 5.74) is -0.628. The Hall–Kier alpha value is -3.48. The molecule has 0 aliphatic rings. The molecule has 4 heterocycles. The number of thiophene rings is 1. The van der Waals surface area contributed by atoms with E-state index in [4.69, 9.17) is 4.42 Å². The number of carbonyl (C=O) groups is 1. The van der Waals surface area contributed by atoms with Gasteiger partial charge < -0.3 is 9.73 Å². The van der Waals surface area contributed by atoms with Crippen molar-refractivity contribution in [1.29, 1.82) is 0 Å². The van der Waals surface area contributed by atoms with E-state index in [9.17, 15) is 22.8 Å². The summed E-state index contributed by atoms with van der Waals surface area (Å²) >= 11 is 1.36. The first-order chi connectivity index (χ1) is 14.3. The minimum atomic E-state index is -4.51. The van der Waals surface area contributed by atoms with Crippen LogP contribution in [0.2, 0.25) is 0 Å². The molecule has 13 heteroatoms. The number of aryl methyl sites for hydroxylation is 1. The second kappa shape index (κ2) is 7.74. The zero-order valence-electron chi connectivity index (χ0n) is 15.1. The van der Waals surface area contributed by atoms with Gasteiger partial charge in [0.15, 0.2) is 11.5 Å². The van der Waals surface area contributed by atoms with Crippen molar-refractivity contribution in [3.8, 4) is 10.8 Å². The van der Waals surface area contributed by atoms with Gasteiger partial charge in [-0.25, -0.2) is 4.79 Å². The standard InChI is InChI=1S/C17H13F3N6O3S/c18-17(19,20)10-3-4-12-22-23-13(25(12)9-10)8-21-14(27)5-6-26-16(28)29-15(24-26)11-2-1-7-30-11/h1-4,7,9H,5-6,8H2,(H,21,27). The summed E-state index contributed by atoms with van der Waals surface area (Å²) in [5.74, 6) is -0.811. The predicted octanol–water partition coefficient (Wildman–Crippen LogP) is 2.33. The van der Waals surface area contributed by atoms with Crippen molar-refractivity contribution in [3.63, 3.8) is 0 Å². The van der Waals surface area contributed by atoms with E-state index >= 15 is 0 Å². The fourth-order valence-electron chi connectivity index (χ4n) is 2.65. The Morgan fingerprint density at radius 2 is 2.07 bits per heavy atom. The van der Waals surface area contributed by atoms with Gasteiger partial charge in [0.05, 0.1) is 23.5 Å². The molecule has 1 N–H and O–H groups in total. The number of hydrogen-bond donors (Lipinski definition) is 1. The van der Waals surface area contributed by atoms with Crippen molar-refractivity contribution in [2.24, 2.45) is 0 Å². The second-order valence-electron chi connectivity index (χ2n) is 6.16. The number of halogens is 3. The number of fused-ring (bicyclic) bond motifs is 1. The molecule has 0 aliphatic carbocycles. The monoisotopic (exact) mass is 438 g/mol. The van der Waals surface area contributed by atoms with Crippen molar-refractivity contribution in [1.82, 2.24) is 29.7 Å². The van der Waals surface area contributed by atoms with Crippen LogP contribution in [0.5, 0.6) is 0 Å². The number of rotatable bonds is 6. The molecule has 4 rings (SSSR count). The maximum Gasteiger partial charge on any atom is 0.437 e. The summed E-state index contributed by atoms with van der Waals surface area (Å²) in [6, 6.07) is 5.65. The van der Waals surface area contributed by atoms with Crippen LogP contribution in [-0.2, 0) is 24.1 Å². The Morgan fingerprint density at radius 3 is 2.80 bits per heavy atom. The van der Waals surface area contributed by atoms with Crippen LogP contribution < -0.4 is 11.1 Å². The number of aromatic nitrogens is 5. The molecule has 1 amide bonds. The molecule has 156 valence electrons. The Morgan fingerprint density at radius 1 is 1.23 bits per heavy atom. The number of nitrogens with one attached hydrogen (secondary N) is 1. The molecule has 30 heavy (non-hydrogen) atoms. The Labute approximate surface area is 169 Å². The van der Waals surface area contributed by atoms with Crippen molar-refractivity contribution < 1.29 is 22.4 Å². The molecule has 0 radical (unpaired) electrons. The van der Waals surface area contributed by atoms with Gasteiger partial charge >= 0.3 is 11.9 Å². The van der Waals surface area contributed by atoms with Crippen LogP contribution in [-0.4, -0.2) is 30.3 Å². The smallest absolute Gasteiger partial charge is 0.387 e. The summed E-state index contributed by atoms with van der Waals surface area (Å²) in [7, 11) is 0. The van der Waals surface area contributed by atoms with Crippen molar-refractivity contribution in [2.75, 3.05) is 0 Å². The third kappa shape index (κ3) is 4.10. The zero-order valence-corrected chi connectivity index (χ0v) is 15.9. The molecule has 0 unspecified atom stereocenters. The van der Waals surface area contributed by atoms with E-state index in [-0.39, 0.29) is 36.9 Å². The lowest BCUT2D eigenvalue weighted by atomic mass is 10.3. The lowest BCUT2D eigenvalue weighted by molar-refractivity contribution is -0.137. The number of alkyl halides is 3. The van der Waals surface area contributed by atoms with Crippen LogP contribution >= 0.6 is 11.3 Å². The third-order valence-corrected chi connectivity index (χ3v) is 4.99. The van der Waals surface area contributed by atoms with Gasteiger partial charge in [0, 0.05) is 12.6 Å². The molecule has 0 spiro atoms. The van der Waals surface area contributed by atoms with Gasteiger partial charge in [0.25, 0.3) is 5.89 Å². The third-order valence-electron chi connectivity index (χ3n) is 4.13. The van der Waals surface area contributed by atoms with Crippen molar-refractivity contribution in [3.05, 3.63) is 57.8 Å². The minimum Gasteiger partial charge on any atom is -0.387 e. The van der Waals surface area contributed by atoms with Gasteiger partial charge in [-0.15, -0.1) is 26.6 Å². The van der Waals surface area contributed by atoms with Crippen LogP contribution in [0.1, 0.15) is 17.8 Å². The number of amides is 1. The molecule has 9 nitrogen and oxygen atoms in total. The van der Waals surface area contributed by atoms with Gasteiger partial charge in [-0.05, 0) is 23.6 Å². The highest BCUT2D eigenvalue weighted by Gasteiger charge is 2.31. The van der Waals surface area contributed by atoms with Gasteiger partial charge in [-0.1, -0.05) is 6.07 Å². The SMILES string of the molecule is O=C(CCn1nc(-c2cccs2)oc1=O)NCc1nnc2ccc(C(F)(F)F)cn12. The number of hydrogen-bond acceptors (Lipinski definition) is 7. The molecular weight excluding hydrogens is 425 g/mol. The molecule has 0 fully saturated rings. The Bertz CT molecular complexity index is 1240. The molecule has 4 aromatic heterocycles. The van der Waals surface area contributed by atoms with Crippen molar-refractivity contribution >= 4 is 22.9 Å². The number of nitrogens with zero attached hydrogens (tertiary/aromatic N) is 5. The van der Waals surface area contributed by atoms with Crippen LogP contribution in [0.25, 0.3) is 16.4 Å². The summed E-state index contributed by atoms with van der Waals surface area (Å²) in [5, 5.41) is 16.0. The van der Waals surface area contributed by atoms with E-state index < -0.39 is 23.4 Å². The molecule has 0 bridgehead atoms. The van der Waals surface area contributed by atoms with Crippen LogP contribution in [0, 0.1) is 0 Å². The fourth-order valence-corrected chi connectivity index (χ4v) is 3.29. The van der Waals surface area contributed by atoms with Crippen LogP contribution in [0.3, 0.4) is 0 Å². The average molecular weight is 438 g/mol. The summed E-state index contributed by atoms with van der Waals surface area (Å²) < 4.78 is 45.9. The molecule has 0 saturated heterocycles. The highest BCUT2D eigenvalue weighted by Crippen LogP contribution is 2.29. The first-order valence-corrected chi connectivity index (χ1v) is 9.48. The molecular formula is C17H13F3N6O3S. The maximum atomic E-state index is 12.9. The molecule has 4 aromatic rings. The first-order valence-electron chi connectivity index (χ1n) is 8.60. The summed E-state index contributed by atoms with van der Waals surface area (Å²) in [6.07, 6.45) is -3.72. The largest absolute Gasteiger partial charge is 0.437 e. The lowest BCUT2D eigenvalue weighted by Crippen LogP contribution is -2.27. The van der Waals surface area contributed by atoms with E-state index in [1.807, 2.05) is 5.38 Å². The second-order valence-corrected chi connectivity index (χ2v) is 7.11. The maximum absolute atomic E-state index is 12.9. The normalized spacial score (nSPS) is 11.8. The first kappa shape index (κ1) is 19.8. The molecule has 0 saturated carbocycles. The minimum absolute atomic E-state index is 0.0155. The van der Waals surface area contributed by atoms with Crippen LogP contribution in [0.15, 0.2) is 45.1 Å². The average Bonchev–Trinajstić information content (AvgIpc) is 3.43. The predicted molar refractivity (Wildman–Crippen MR) is 98.5 cm³/mol. The summed E-state index contributed by atoms with van der Waals surface area (Å²) in [6.45, 7) is -0.145. The summed E-state index contributed by atoms with van der Waals surface area (Å²) in [4.78, 5) is 24.6. The highest BCUT2D eigenvalue weighted by molar-refractivity contribution is 7.13. The van der Waals surface area contributed by atoms with E-state index in [1.165, 1.54) is 21.8 Å². The van der Waals surface area contributed by atoms with E-state index in [0.717, 1.165) is 16.9 Å². The topological polar surface area (TPSA) is 107 Å². The Kier molecular flexibility index (Phi) is 5.11. The Balaban J connectivity index is 1.38. The van der Waals surface area contributed by atoms with Gasteiger partial charge in [0.1, 0.15) is 0 Å². The van der Waals surface area contributed by atoms with Gasteiger partial charge in [0.2, 0.25) is 5.91 Å².